The first-order chi connectivity index (χ1) is 15.1. The molecule has 0 bridgehead atoms. The third-order valence-electron chi connectivity index (χ3n) is 6.52. The number of rotatable bonds is 3. The van der Waals surface area contributed by atoms with E-state index >= 15 is 0 Å². The molecular formula is C24H36BFN2O5. The third kappa shape index (κ3) is 5.69. The maximum Gasteiger partial charge on any atom is 0.497 e. The Morgan fingerprint density at radius 2 is 1.76 bits per heavy atom. The summed E-state index contributed by atoms with van der Waals surface area (Å²) >= 11 is 0. The molecule has 0 N–H and O–H groups in total. The van der Waals surface area contributed by atoms with Gasteiger partial charge in [-0.2, -0.15) is 0 Å². The Hall–Kier alpha value is -2.13. The maximum atomic E-state index is 14.6. The molecule has 0 aromatic heterocycles. The van der Waals surface area contributed by atoms with Crippen LogP contribution in [0.3, 0.4) is 0 Å². The normalized spacial score (nSPS) is 22.5. The SMILES string of the molecule is C[C@H]1CN(C(=O)OC(C)(C)C)CCN1C(=O)Cc1ccc(F)c(B2OC(C)(C)C(C)(C)O2)c1. The molecule has 2 aliphatic heterocycles. The quantitative estimate of drug-likeness (QED) is 0.646. The molecule has 0 unspecified atom stereocenters. The molecule has 7 nitrogen and oxygen atoms in total. The lowest BCUT2D eigenvalue weighted by Crippen LogP contribution is -2.56. The molecule has 0 aliphatic carbocycles. The van der Waals surface area contributed by atoms with Gasteiger partial charge in [0.1, 0.15) is 11.4 Å². The number of hydrogen-bond acceptors (Lipinski definition) is 5. The molecule has 33 heavy (non-hydrogen) atoms. The van der Waals surface area contributed by atoms with E-state index in [1.807, 2.05) is 55.4 Å². The third-order valence-corrected chi connectivity index (χ3v) is 6.52. The summed E-state index contributed by atoms with van der Waals surface area (Å²) in [6.07, 6.45) is -0.240. The van der Waals surface area contributed by atoms with Crippen molar-refractivity contribution < 1.29 is 28.0 Å². The van der Waals surface area contributed by atoms with E-state index < -0.39 is 29.7 Å². The van der Waals surface area contributed by atoms with Gasteiger partial charge in [0.2, 0.25) is 5.91 Å². The first kappa shape index (κ1) is 25.5. The highest BCUT2D eigenvalue weighted by Crippen LogP contribution is 2.36. The van der Waals surface area contributed by atoms with Crippen molar-refractivity contribution in [3.63, 3.8) is 0 Å². The van der Waals surface area contributed by atoms with E-state index in [9.17, 15) is 14.0 Å². The Balaban J connectivity index is 1.66. The number of hydrogen-bond donors (Lipinski definition) is 0. The van der Waals surface area contributed by atoms with Crippen LogP contribution in [-0.2, 0) is 25.3 Å². The highest BCUT2D eigenvalue weighted by Gasteiger charge is 2.52. The number of piperazine rings is 1. The van der Waals surface area contributed by atoms with Crippen molar-refractivity contribution in [1.29, 1.82) is 0 Å². The summed E-state index contributed by atoms with van der Waals surface area (Å²) in [6, 6.07) is 4.47. The molecule has 1 atom stereocenters. The minimum atomic E-state index is -0.832. The molecule has 1 aromatic carbocycles. The number of ether oxygens (including phenoxy) is 1. The molecule has 1 aromatic rings. The second-order valence-corrected chi connectivity index (χ2v) is 11.0. The van der Waals surface area contributed by atoms with Gasteiger partial charge in [0.25, 0.3) is 0 Å². The second kappa shape index (κ2) is 8.91. The van der Waals surface area contributed by atoms with Crippen molar-refractivity contribution in [2.75, 3.05) is 19.6 Å². The molecule has 0 radical (unpaired) electrons. The van der Waals surface area contributed by atoms with Crippen molar-refractivity contribution in [1.82, 2.24) is 9.80 Å². The molecule has 3 rings (SSSR count). The first-order valence-corrected chi connectivity index (χ1v) is 11.5. The van der Waals surface area contributed by atoms with Gasteiger partial charge >= 0.3 is 13.2 Å². The highest BCUT2D eigenvalue weighted by molar-refractivity contribution is 6.62. The Labute approximate surface area is 196 Å². The Morgan fingerprint density at radius 3 is 2.30 bits per heavy atom. The number of carbonyl (C=O) groups excluding carboxylic acids is 2. The van der Waals surface area contributed by atoms with Crippen LogP contribution in [0.2, 0.25) is 0 Å². The van der Waals surface area contributed by atoms with Crippen LogP contribution >= 0.6 is 0 Å². The van der Waals surface area contributed by atoms with E-state index in [4.69, 9.17) is 14.0 Å². The van der Waals surface area contributed by atoms with Crippen molar-refractivity contribution in [3.05, 3.63) is 29.6 Å². The maximum absolute atomic E-state index is 14.6. The van der Waals surface area contributed by atoms with Crippen molar-refractivity contribution in [3.8, 4) is 0 Å². The smallest absolute Gasteiger partial charge is 0.444 e. The van der Waals surface area contributed by atoms with Gasteiger partial charge in [0, 0.05) is 31.1 Å². The molecule has 2 fully saturated rings. The Morgan fingerprint density at radius 1 is 1.15 bits per heavy atom. The summed E-state index contributed by atoms with van der Waals surface area (Å²) in [5, 5.41) is 0. The van der Waals surface area contributed by atoms with Crippen LogP contribution in [-0.4, -0.2) is 71.4 Å². The van der Waals surface area contributed by atoms with Gasteiger partial charge in [0.15, 0.2) is 0 Å². The largest absolute Gasteiger partial charge is 0.497 e. The van der Waals surface area contributed by atoms with Gasteiger partial charge < -0.3 is 23.8 Å². The van der Waals surface area contributed by atoms with E-state index in [0.717, 1.165) is 0 Å². The Kier molecular flexibility index (Phi) is 6.88. The minimum Gasteiger partial charge on any atom is -0.444 e. The lowest BCUT2D eigenvalue weighted by Gasteiger charge is -2.40. The summed E-state index contributed by atoms with van der Waals surface area (Å²) in [7, 11) is -0.832. The van der Waals surface area contributed by atoms with Crippen LogP contribution in [0.5, 0.6) is 0 Å². The van der Waals surface area contributed by atoms with Crippen LogP contribution in [0.25, 0.3) is 0 Å². The van der Waals surface area contributed by atoms with Gasteiger partial charge in [-0.3, -0.25) is 4.79 Å². The fourth-order valence-electron chi connectivity index (χ4n) is 3.95. The van der Waals surface area contributed by atoms with Crippen LogP contribution in [0.1, 0.15) is 61.0 Å². The summed E-state index contributed by atoms with van der Waals surface area (Å²) in [5.41, 5.74) is -0.752. The van der Waals surface area contributed by atoms with E-state index in [1.165, 1.54) is 6.07 Å². The molecule has 182 valence electrons. The number of halogens is 1. The fraction of sp³-hybridized carbons (Fsp3) is 0.667. The summed E-state index contributed by atoms with van der Waals surface area (Å²) < 4.78 is 32.0. The molecule has 2 amide bonds. The topological polar surface area (TPSA) is 68.3 Å². The van der Waals surface area contributed by atoms with Crippen molar-refractivity contribution >= 4 is 24.6 Å². The molecule has 0 saturated carbocycles. The molecule has 2 aliphatic rings. The highest BCUT2D eigenvalue weighted by atomic mass is 19.1. The molecule has 2 heterocycles. The zero-order chi connectivity index (χ0) is 24.8. The number of nitrogens with zero attached hydrogens (tertiary/aromatic N) is 2. The van der Waals surface area contributed by atoms with Gasteiger partial charge in [-0.05, 0) is 67.0 Å². The van der Waals surface area contributed by atoms with Crippen LogP contribution in [0.4, 0.5) is 9.18 Å². The monoisotopic (exact) mass is 462 g/mol. The predicted molar refractivity (Wildman–Crippen MR) is 125 cm³/mol. The lowest BCUT2D eigenvalue weighted by molar-refractivity contribution is -0.134. The summed E-state index contributed by atoms with van der Waals surface area (Å²) in [5.74, 6) is -0.498. The van der Waals surface area contributed by atoms with E-state index in [2.05, 4.69) is 0 Å². The Bertz CT molecular complexity index is 899. The first-order valence-electron chi connectivity index (χ1n) is 11.5. The average Bonchev–Trinajstić information content (AvgIpc) is 2.88. The average molecular weight is 462 g/mol. The lowest BCUT2D eigenvalue weighted by atomic mass is 9.77. The molecule has 0 spiro atoms. The van der Waals surface area contributed by atoms with Crippen LogP contribution in [0, 0.1) is 5.82 Å². The van der Waals surface area contributed by atoms with Gasteiger partial charge in [-0.25, -0.2) is 9.18 Å². The van der Waals surface area contributed by atoms with E-state index in [-0.39, 0.29) is 24.5 Å². The minimum absolute atomic E-state index is 0.0715. The van der Waals surface area contributed by atoms with E-state index in [0.29, 0.717) is 30.7 Å². The van der Waals surface area contributed by atoms with E-state index in [1.54, 1.807) is 21.9 Å². The summed E-state index contributed by atoms with van der Waals surface area (Å²) in [6.45, 7) is 16.3. The number of carbonyl (C=O) groups is 2. The van der Waals surface area contributed by atoms with Crippen molar-refractivity contribution in [2.45, 2.75) is 84.7 Å². The second-order valence-electron chi connectivity index (χ2n) is 11.0. The number of benzene rings is 1. The number of amides is 2. The van der Waals surface area contributed by atoms with Crippen molar-refractivity contribution in [2.24, 2.45) is 0 Å². The molecule has 2 saturated heterocycles. The standard InChI is InChI=1S/C24H36BFN2O5/c1-16-15-27(21(30)31-22(2,3)4)11-12-28(16)20(29)14-17-9-10-19(26)18(13-17)25-32-23(5,6)24(7,8)33-25/h9-10,13,16H,11-12,14-15H2,1-8H3/t16-/m0/s1. The zero-order valence-corrected chi connectivity index (χ0v) is 21.0. The summed E-state index contributed by atoms with van der Waals surface area (Å²) in [4.78, 5) is 28.8. The molecular weight excluding hydrogens is 426 g/mol. The van der Waals surface area contributed by atoms with Gasteiger partial charge in [0.05, 0.1) is 17.6 Å². The fourth-order valence-corrected chi connectivity index (χ4v) is 3.95. The van der Waals surface area contributed by atoms with Gasteiger partial charge in [-0.15, -0.1) is 0 Å². The predicted octanol–water partition coefficient (Wildman–Crippen LogP) is 3.14. The van der Waals surface area contributed by atoms with Crippen LogP contribution < -0.4 is 5.46 Å². The van der Waals surface area contributed by atoms with Gasteiger partial charge in [-0.1, -0.05) is 12.1 Å². The molecule has 9 heteroatoms. The van der Waals surface area contributed by atoms with Crippen LogP contribution in [0.15, 0.2) is 18.2 Å². The zero-order valence-electron chi connectivity index (χ0n) is 21.0.